The van der Waals surface area contributed by atoms with Crippen LogP contribution in [-0.2, 0) is 11.2 Å². The molecule has 1 aliphatic heterocycles. The minimum Gasteiger partial charge on any atom is -0.361 e. The first-order chi connectivity index (χ1) is 13.6. The number of fused-ring (bicyclic) bond motifs is 1. The Hall–Kier alpha value is -3.12. The van der Waals surface area contributed by atoms with Crippen LogP contribution in [0, 0.1) is 0 Å². The number of carbonyl (C=O) groups is 2. The Balaban J connectivity index is 1.37. The lowest BCUT2D eigenvalue weighted by molar-refractivity contribution is -0.115. The van der Waals surface area contributed by atoms with Crippen molar-refractivity contribution in [2.24, 2.45) is 0 Å². The van der Waals surface area contributed by atoms with Gasteiger partial charge in [0.2, 0.25) is 5.91 Å². The van der Waals surface area contributed by atoms with Gasteiger partial charge in [-0.2, -0.15) is 0 Å². The molecule has 0 saturated carbocycles. The number of hydrogen-bond donors (Lipinski definition) is 2. The summed E-state index contributed by atoms with van der Waals surface area (Å²) in [5.41, 5.74) is 3.34. The number of rotatable bonds is 4. The van der Waals surface area contributed by atoms with Gasteiger partial charge in [0, 0.05) is 54.5 Å². The van der Waals surface area contributed by atoms with E-state index < -0.39 is 0 Å². The number of amides is 2. The first-order valence-corrected chi connectivity index (χ1v) is 9.53. The molecule has 3 aromatic rings. The van der Waals surface area contributed by atoms with E-state index in [1.807, 2.05) is 35.4 Å². The number of carbonyl (C=O) groups excluding carboxylic acids is 2. The number of aromatic amines is 1. The number of nitrogens with zero attached hydrogens (tertiary/aromatic N) is 2. The fourth-order valence-corrected chi connectivity index (χ4v) is 3.54. The van der Waals surface area contributed by atoms with E-state index in [4.69, 9.17) is 0 Å². The highest BCUT2D eigenvalue weighted by molar-refractivity contribution is 5.97. The molecule has 2 heterocycles. The van der Waals surface area contributed by atoms with E-state index in [0.717, 1.165) is 42.6 Å². The fraction of sp³-hybridized carbons (Fsp3) is 0.273. The third-order valence-corrected chi connectivity index (χ3v) is 5.23. The van der Waals surface area contributed by atoms with Gasteiger partial charge in [0.05, 0.1) is 6.42 Å². The molecule has 1 fully saturated rings. The molecule has 1 aromatic heterocycles. The highest BCUT2D eigenvalue weighted by Crippen LogP contribution is 2.19. The molecule has 0 bridgehead atoms. The summed E-state index contributed by atoms with van der Waals surface area (Å²) >= 11 is 0. The van der Waals surface area contributed by atoms with Crippen LogP contribution in [0.3, 0.4) is 0 Å². The van der Waals surface area contributed by atoms with Gasteiger partial charge in [-0.1, -0.05) is 18.2 Å². The van der Waals surface area contributed by atoms with Crippen molar-refractivity contribution in [1.29, 1.82) is 0 Å². The molecule has 2 aromatic carbocycles. The largest absolute Gasteiger partial charge is 0.361 e. The standard InChI is InChI=1S/C22H24N4O2/c1-25-10-12-26(13-11-25)22(28)16-6-8-18(9-7-16)24-21(27)14-17-15-23-20-5-3-2-4-19(17)20/h2-9,15,23H,10-14H2,1H3,(H,24,27). The zero-order valence-corrected chi connectivity index (χ0v) is 15.9. The van der Waals surface area contributed by atoms with Gasteiger partial charge in [0.15, 0.2) is 0 Å². The Morgan fingerprint density at radius 2 is 1.71 bits per heavy atom. The van der Waals surface area contributed by atoms with Crippen LogP contribution >= 0.6 is 0 Å². The molecular weight excluding hydrogens is 352 g/mol. The normalized spacial score (nSPS) is 15.0. The van der Waals surface area contributed by atoms with Gasteiger partial charge in [-0.05, 0) is 42.9 Å². The Labute approximate surface area is 164 Å². The molecule has 6 heteroatoms. The molecule has 2 N–H and O–H groups in total. The first kappa shape index (κ1) is 18.3. The molecule has 1 saturated heterocycles. The summed E-state index contributed by atoms with van der Waals surface area (Å²) in [5.74, 6) is -0.0346. The minimum atomic E-state index is -0.0807. The molecule has 144 valence electrons. The number of H-pyrrole nitrogens is 1. The number of anilines is 1. The predicted molar refractivity (Wildman–Crippen MR) is 110 cm³/mol. The maximum atomic E-state index is 12.6. The minimum absolute atomic E-state index is 0.0461. The molecule has 0 atom stereocenters. The molecule has 4 rings (SSSR count). The molecule has 0 radical (unpaired) electrons. The molecule has 6 nitrogen and oxygen atoms in total. The molecular formula is C22H24N4O2. The number of hydrogen-bond acceptors (Lipinski definition) is 3. The summed E-state index contributed by atoms with van der Waals surface area (Å²) in [4.78, 5) is 32.3. The van der Waals surface area contributed by atoms with Gasteiger partial charge >= 0.3 is 0 Å². The highest BCUT2D eigenvalue weighted by atomic mass is 16.2. The molecule has 28 heavy (non-hydrogen) atoms. The zero-order valence-electron chi connectivity index (χ0n) is 15.9. The average Bonchev–Trinajstić information content (AvgIpc) is 3.11. The van der Waals surface area contributed by atoms with Crippen LogP contribution < -0.4 is 5.32 Å². The average molecular weight is 376 g/mol. The van der Waals surface area contributed by atoms with Crippen molar-refractivity contribution >= 4 is 28.4 Å². The lowest BCUT2D eigenvalue weighted by atomic mass is 10.1. The van der Waals surface area contributed by atoms with Gasteiger partial charge < -0.3 is 20.1 Å². The molecule has 1 aliphatic rings. The van der Waals surface area contributed by atoms with Crippen molar-refractivity contribution < 1.29 is 9.59 Å². The second-order valence-electron chi connectivity index (χ2n) is 7.26. The number of para-hydroxylation sites is 1. The third kappa shape index (κ3) is 3.92. The van der Waals surface area contributed by atoms with Crippen molar-refractivity contribution in [1.82, 2.24) is 14.8 Å². The van der Waals surface area contributed by atoms with Crippen molar-refractivity contribution in [2.75, 3.05) is 38.5 Å². The Kier molecular flexibility index (Phi) is 5.12. The highest BCUT2D eigenvalue weighted by Gasteiger charge is 2.20. The Bertz CT molecular complexity index is 985. The molecule has 0 aliphatic carbocycles. The van der Waals surface area contributed by atoms with Crippen LogP contribution in [0.1, 0.15) is 15.9 Å². The number of benzene rings is 2. The van der Waals surface area contributed by atoms with Gasteiger partial charge in [0.25, 0.3) is 5.91 Å². The Morgan fingerprint density at radius 3 is 2.46 bits per heavy atom. The van der Waals surface area contributed by atoms with E-state index in [1.54, 1.807) is 24.3 Å². The van der Waals surface area contributed by atoms with Crippen LogP contribution in [0.15, 0.2) is 54.7 Å². The lowest BCUT2D eigenvalue weighted by Gasteiger charge is -2.32. The van der Waals surface area contributed by atoms with E-state index in [1.165, 1.54) is 0 Å². The van der Waals surface area contributed by atoms with Gasteiger partial charge in [-0.3, -0.25) is 9.59 Å². The van der Waals surface area contributed by atoms with Gasteiger partial charge in [-0.25, -0.2) is 0 Å². The molecule has 2 amide bonds. The third-order valence-electron chi connectivity index (χ3n) is 5.23. The molecule has 0 spiro atoms. The summed E-state index contributed by atoms with van der Waals surface area (Å²) in [6.07, 6.45) is 2.17. The maximum absolute atomic E-state index is 12.6. The molecule has 0 unspecified atom stereocenters. The number of nitrogens with one attached hydrogen (secondary N) is 2. The van der Waals surface area contributed by atoms with Crippen LogP contribution in [0.5, 0.6) is 0 Å². The van der Waals surface area contributed by atoms with Crippen molar-refractivity contribution in [3.8, 4) is 0 Å². The van der Waals surface area contributed by atoms with Crippen LogP contribution in [0.25, 0.3) is 10.9 Å². The summed E-state index contributed by atoms with van der Waals surface area (Å²) < 4.78 is 0. The van der Waals surface area contributed by atoms with E-state index in [9.17, 15) is 9.59 Å². The fourth-order valence-electron chi connectivity index (χ4n) is 3.54. The van der Waals surface area contributed by atoms with Crippen molar-refractivity contribution in [3.05, 3.63) is 65.9 Å². The second-order valence-corrected chi connectivity index (χ2v) is 7.26. The lowest BCUT2D eigenvalue weighted by Crippen LogP contribution is -2.47. The zero-order chi connectivity index (χ0) is 19.5. The topological polar surface area (TPSA) is 68.4 Å². The predicted octanol–water partition coefficient (Wildman–Crippen LogP) is 2.74. The van der Waals surface area contributed by atoms with E-state index in [0.29, 0.717) is 17.7 Å². The Morgan fingerprint density at radius 1 is 1.00 bits per heavy atom. The maximum Gasteiger partial charge on any atom is 0.253 e. The summed E-state index contributed by atoms with van der Waals surface area (Å²) in [6, 6.07) is 15.1. The van der Waals surface area contributed by atoms with E-state index >= 15 is 0 Å². The smallest absolute Gasteiger partial charge is 0.253 e. The monoisotopic (exact) mass is 376 g/mol. The van der Waals surface area contributed by atoms with E-state index in [-0.39, 0.29) is 11.8 Å². The number of aromatic nitrogens is 1. The first-order valence-electron chi connectivity index (χ1n) is 9.53. The van der Waals surface area contributed by atoms with Crippen molar-refractivity contribution in [3.63, 3.8) is 0 Å². The quantitative estimate of drug-likeness (QED) is 0.736. The van der Waals surface area contributed by atoms with Crippen LogP contribution in [-0.4, -0.2) is 59.8 Å². The van der Waals surface area contributed by atoms with E-state index in [2.05, 4.69) is 22.2 Å². The van der Waals surface area contributed by atoms with Crippen molar-refractivity contribution in [2.45, 2.75) is 6.42 Å². The van der Waals surface area contributed by atoms with Crippen LogP contribution in [0.2, 0.25) is 0 Å². The number of likely N-dealkylation sites (N-methyl/N-ethyl adjacent to an activating group) is 1. The summed E-state index contributed by atoms with van der Waals surface area (Å²) in [6.45, 7) is 3.29. The van der Waals surface area contributed by atoms with Gasteiger partial charge in [-0.15, -0.1) is 0 Å². The van der Waals surface area contributed by atoms with Gasteiger partial charge in [0.1, 0.15) is 0 Å². The summed E-state index contributed by atoms with van der Waals surface area (Å²) in [5, 5.41) is 3.97. The number of piperazine rings is 1. The second kappa shape index (κ2) is 7.86. The SMILES string of the molecule is CN1CCN(C(=O)c2ccc(NC(=O)Cc3c[nH]c4ccccc34)cc2)CC1. The van der Waals surface area contributed by atoms with Crippen LogP contribution in [0.4, 0.5) is 5.69 Å². The summed E-state index contributed by atoms with van der Waals surface area (Å²) in [7, 11) is 2.07.